The topological polar surface area (TPSA) is 49.9 Å². The summed E-state index contributed by atoms with van der Waals surface area (Å²) in [6.07, 6.45) is 0. The number of para-hydroxylation sites is 1. The van der Waals surface area contributed by atoms with E-state index in [-0.39, 0.29) is 11.6 Å². The first-order chi connectivity index (χ1) is 12.3. The van der Waals surface area contributed by atoms with Crippen LogP contribution >= 0.6 is 0 Å². The first-order valence-corrected chi connectivity index (χ1v) is 8.06. The van der Waals surface area contributed by atoms with Gasteiger partial charge in [0, 0.05) is 22.0 Å². The van der Waals surface area contributed by atoms with Crippen molar-refractivity contribution in [2.24, 2.45) is 0 Å². The Kier molecular flexibility index (Phi) is 3.75. The summed E-state index contributed by atoms with van der Waals surface area (Å²) in [5, 5.41) is 0.760. The maximum absolute atomic E-state index is 13.1. The van der Waals surface area contributed by atoms with E-state index in [1.165, 1.54) is 0 Å². The maximum atomic E-state index is 13.1. The van der Waals surface area contributed by atoms with Crippen molar-refractivity contribution in [3.63, 3.8) is 0 Å². The summed E-state index contributed by atoms with van der Waals surface area (Å²) in [5.74, 6) is -0.339. The monoisotopic (exact) mass is 325 g/mol. The molecule has 3 nitrogen and oxygen atoms in total. The largest absolute Gasteiger partial charge is 0.351 e. The highest BCUT2D eigenvalue weighted by Gasteiger charge is 2.24. The van der Waals surface area contributed by atoms with Gasteiger partial charge in [-0.2, -0.15) is 0 Å². The van der Waals surface area contributed by atoms with E-state index in [1.54, 1.807) is 24.3 Å². The highest BCUT2D eigenvalue weighted by Crippen LogP contribution is 2.27. The van der Waals surface area contributed by atoms with E-state index in [9.17, 15) is 9.59 Å². The van der Waals surface area contributed by atoms with Crippen molar-refractivity contribution >= 4 is 22.5 Å². The second-order valence-electron chi connectivity index (χ2n) is 5.81. The molecule has 0 atom stereocenters. The second-order valence-corrected chi connectivity index (χ2v) is 5.81. The van der Waals surface area contributed by atoms with Gasteiger partial charge in [-0.25, -0.2) is 0 Å². The number of carbonyl (C=O) groups is 2. The third kappa shape index (κ3) is 2.66. The molecule has 0 unspecified atom stereocenters. The average Bonchev–Trinajstić information content (AvgIpc) is 3.07. The van der Waals surface area contributed by atoms with E-state index in [4.69, 9.17) is 0 Å². The molecule has 0 spiro atoms. The van der Waals surface area contributed by atoms with E-state index >= 15 is 0 Å². The Morgan fingerprint density at radius 1 is 0.600 bits per heavy atom. The maximum Gasteiger partial charge on any atom is 0.209 e. The van der Waals surface area contributed by atoms with Crippen LogP contribution in [-0.4, -0.2) is 16.6 Å². The Bertz CT molecular complexity index is 1060. The third-order valence-electron chi connectivity index (χ3n) is 4.23. The molecule has 120 valence electrons. The quantitative estimate of drug-likeness (QED) is 0.556. The second kappa shape index (κ2) is 6.21. The zero-order chi connectivity index (χ0) is 17.2. The molecule has 0 bridgehead atoms. The zero-order valence-electron chi connectivity index (χ0n) is 13.4. The fourth-order valence-corrected chi connectivity index (χ4v) is 3.02. The minimum Gasteiger partial charge on any atom is -0.351 e. The lowest BCUT2D eigenvalue weighted by Gasteiger charge is -2.04. The Balaban J connectivity index is 1.93. The van der Waals surface area contributed by atoms with Crippen LogP contribution in [0.15, 0.2) is 84.9 Å². The molecule has 1 N–H and O–H groups in total. The molecule has 0 fully saturated rings. The minimum absolute atomic E-state index is 0.155. The molecule has 25 heavy (non-hydrogen) atoms. The highest BCUT2D eigenvalue weighted by atomic mass is 16.1. The van der Waals surface area contributed by atoms with E-state index in [0.717, 1.165) is 10.9 Å². The van der Waals surface area contributed by atoms with Gasteiger partial charge in [-0.3, -0.25) is 9.59 Å². The molecule has 4 aromatic rings. The minimum atomic E-state index is -0.184. The molecule has 3 aromatic carbocycles. The lowest BCUT2D eigenvalue weighted by atomic mass is 9.97. The van der Waals surface area contributed by atoms with Gasteiger partial charge in [0.1, 0.15) is 0 Å². The lowest BCUT2D eigenvalue weighted by Crippen LogP contribution is -2.10. The normalized spacial score (nSPS) is 10.7. The van der Waals surface area contributed by atoms with Crippen molar-refractivity contribution in [1.82, 2.24) is 4.98 Å². The number of hydrogen-bond donors (Lipinski definition) is 1. The van der Waals surface area contributed by atoms with Crippen LogP contribution in [0.25, 0.3) is 10.9 Å². The SMILES string of the molecule is O=C(c1ccccc1)c1[nH]c2ccccc2c1C(=O)c1ccccc1. The van der Waals surface area contributed by atoms with Gasteiger partial charge in [0.25, 0.3) is 0 Å². The number of hydrogen-bond acceptors (Lipinski definition) is 2. The van der Waals surface area contributed by atoms with Gasteiger partial charge in [0.05, 0.1) is 11.3 Å². The molecule has 4 rings (SSSR count). The number of benzene rings is 3. The lowest BCUT2D eigenvalue weighted by molar-refractivity contribution is 0.100. The summed E-state index contributed by atoms with van der Waals surface area (Å²) in [4.78, 5) is 29.2. The molecule has 0 aliphatic rings. The van der Waals surface area contributed by atoms with Gasteiger partial charge >= 0.3 is 0 Å². The van der Waals surface area contributed by atoms with Crippen LogP contribution in [0, 0.1) is 0 Å². The predicted octanol–water partition coefficient (Wildman–Crippen LogP) is 4.63. The summed E-state index contributed by atoms with van der Waals surface area (Å²) >= 11 is 0. The van der Waals surface area contributed by atoms with E-state index in [0.29, 0.717) is 22.4 Å². The predicted molar refractivity (Wildman–Crippen MR) is 98.0 cm³/mol. The number of nitrogens with one attached hydrogen (secondary N) is 1. The van der Waals surface area contributed by atoms with Gasteiger partial charge in [-0.05, 0) is 6.07 Å². The van der Waals surface area contributed by atoms with E-state index in [1.807, 2.05) is 60.7 Å². The van der Waals surface area contributed by atoms with Crippen LogP contribution in [0.2, 0.25) is 0 Å². The summed E-state index contributed by atoms with van der Waals surface area (Å²) in [6.45, 7) is 0. The molecular weight excluding hydrogens is 310 g/mol. The molecule has 0 aliphatic carbocycles. The van der Waals surface area contributed by atoms with Crippen LogP contribution in [-0.2, 0) is 0 Å². The summed E-state index contributed by atoms with van der Waals surface area (Å²) in [6, 6.07) is 25.5. The fraction of sp³-hybridized carbons (Fsp3) is 0. The molecular formula is C22H15NO2. The molecule has 0 radical (unpaired) electrons. The number of ketones is 2. The number of H-pyrrole nitrogens is 1. The van der Waals surface area contributed by atoms with Crippen molar-refractivity contribution in [2.45, 2.75) is 0 Å². The summed E-state index contributed by atoms with van der Waals surface area (Å²) < 4.78 is 0. The third-order valence-corrected chi connectivity index (χ3v) is 4.23. The molecule has 1 heterocycles. The van der Waals surface area contributed by atoms with Crippen molar-refractivity contribution in [3.05, 3.63) is 107 Å². The molecule has 0 saturated carbocycles. The number of carbonyl (C=O) groups excluding carboxylic acids is 2. The number of rotatable bonds is 4. The number of aromatic amines is 1. The Hall–Kier alpha value is -3.46. The smallest absolute Gasteiger partial charge is 0.209 e. The van der Waals surface area contributed by atoms with Crippen LogP contribution in [0.3, 0.4) is 0 Å². The standard InChI is InChI=1S/C22H15NO2/c24-21(15-9-3-1-4-10-15)19-17-13-7-8-14-18(17)23-20(19)22(25)16-11-5-2-6-12-16/h1-14,23H. The van der Waals surface area contributed by atoms with Crippen LogP contribution in [0.4, 0.5) is 0 Å². The number of fused-ring (bicyclic) bond motifs is 1. The number of aromatic nitrogens is 1. The summed E-state index contributed by atoms with van der Waals surface area (Å²) in [5.41, 5.74) is 2.66. The van der Waals surface area contributed by atoms with Gasteiger partial charge in [0.15, 0.2) is 5.78 Å². The van der Waals surface area contributed by atoms with Crippen molar-refractivity contribution in [3.8, 4) is 0 Å². The first kappa shape index (κ1) is 15.1. The van der Waals surface area contributed by atoms with Crippen molar-refractivity contribution in [2.75, 3.05) is 0 Å². The van der Waals surface area contributed by atoms with Gasteiger partial charge < -0.3 is 4.98 Å². The Labute approximate surface area is 144 Å². The van der Waals surface area contributed by atoms with Gasteiger partial charge in [-0.15, -0.1) is 0 Å². The van der Waals surface area contributed by atoms with E-state index in [2.05, 4.69) is 4.98 Å². The molecule has 0 aliphatic heterocycles. The zero-order valence-corrected chi connectivity index (χ0v) is 13.4. The molecule has 0 amide bonds. The van der Waals surface area contributed by atoms with Crippen LogP contribution < -0.4 is 0 Å². The van der Waals surface area contributed by atoms with E-state index < -0.39 is 0 Å². The van der Waals surface area contributed by atoms with Crippen LogP contribution in [0.5, 0.6) is 0 Å². The molecule has 3 heteroatoms. The molecule has 0 saturated heterocycles. The van der Waals surface area contributed by atoms with Gasteiger partial charge in [0.2, 0.25) is 5.78 Å². The molecule has 1 aromatic heterocycles. The Morgan fingerprint density at radius 2 is 1.12 bits per heavy atom. The Morgan fingerprint density at radius 3 is 1.76 bits per heavy atom. The first-order valence-electron chi connectivity index (χ1n) is 8.06. The van der Waals surface area contributed by atoms with Crippen molar-refractivity contribution < 1.29 is 9.59 Å². The highest BCUT2D eigenvalue weighted by molar-refractivity contribution is 6.24. The fourth-order valence-electron chi connectivity index (χ4n) is 3.02. The van der Waals surface area contributed by atoms with Gasteiger partial charge in [-0.1, -0.05) is 78.9 Å². The average molecular weight is 325 g/mol. The van der Waals surface area contributed by atoms with Crippen LogP contribution in [0.1, 0.15) is 32.0 Å². The summed E-state index contributed by atoms with van der Waals surface area (Å²) in [7, 11) is 0. The van der Waals surface area contributed by atoms with Crippen molar-refractivity contribution in [1.29, 1.82) is 0 Å².